The maximum absolute atomic E-state index is 12.4. The highest BCUT2D eigenvalue weighted by molar-refractivity contribution is 9.11. The van der Waals surface area contributed by atoms with Gasteiger partial charge in [0.05, 0.1) is 8.68 Å². The SMILES string of the molecule is CCC(CC)(CC)NS(=O)(=O)c1cc(Br)sc1C. The molecule has 1 N–H and O–H groups in total. The first-order valence-corrected chi connectivity index (χ1v) is 9.19. The zero-order valence-corrected chi connectivity index (χ0v) is 14.4. The Morgan fingerprint density at radius 3 is 2.11 bits per heavy atom. The fourth-order valence-electron chi connectivity index (χ4n) is 2.00. The van der Waals surface area contributed by atoms with Crippen molar-refractivity contribution in [3.8, 4) is 0 Å². The van der Waals surface area contributed by atoms with Crippen LogP contribution in [0, 0.1) is 6.92 Å². The summed E-state index contributed by atoms with van der Waals surface area (Å²) in [7, 11) is -3.43. The lowest BCUT2D eigenvalue weighted by Gasteiger charge is -2.31. The molecule has 1 rings (SSSR count). The van der Waals surface area contributed by atoms with Crippen LogP contribution in [0.5, 0.6) is 0 Å². The Morgan fingerprint density at radius 1 is 1.28 bits per heavy atom. The summed E-state index contributed by atoms with van der Waals surface area (Å²) in [4.78, 5) is 1.20. The van der Waals surface area contributed by atoms with Gasteiger partial charge in [-0.05, 0) is 48.2 Å². The molecule has 0 aromatic carbocycles. The molecule has 0 unspecified atom stereocenters. The van der Waals surface area contributed by atoms with Crippen molar-refractivity contribution in [2.75, 3.05) is 0 Å². The van der Waals surface area contributed by atoms with Gasteiger partial charge in [0, 0.05) is 10.4 Å². The predicted octanol–water partition coefficient (Wildman–Crippen LogP) is 4.07. The van der Waals surface area contributed by atoms with Gasteiger partial charge in [0.1, 0.15) is 0 Å². The zero-order valence-electron chi connectivity index (χ0n) is 11.2. The Bertz CT molecular complexity index is 496. The standard InChI is InChI=1S/C12H20BrNO2S2/c1-5-12(6-2,7-3)14-18(15,16)10-8-11(13)17-9(10)4/h8,14H,5-7H2,1-4H3. The fraction of sp³-hybridized carbons (Fsp3) is 0.667. The van der Waals surface area contributed by atoms with E-state index in [4.69, 9.17) is 0 Å². The van der Waals surface area contributed by atoms with Crippen LogP contribution in [0.3, 0.4) is 0 Å². The smallest absolute Gasteiger partial charge is 0.207 e. The van der Waals surface area contributed by atoms with Gasteiger partial charge in [0.2, 0.25) is 10.0 Å². The van der Waals surface area contributed by atoms with Crippen molar-refractivity contribution in [3.63, 3.8) is 0 Å². The molecule has 0 atom stereocenters. The lowest BCUT2D eigenvalue weighted by molar-refractivity contribution is 0.341. The predicted molar refractivity (Wildman–Crippen MR) is 80.7 cm³/mol. The summed E-state index contributed by atoms with van der Waals surface area (Å²) in [5.41, 5.74) is -0.334. The van der Waals surface area contributed by atoms with Gasteiger partial charge in [-0.25, -0.2) is 13.1 Å². The Kier molecular flexibility index (Phi) is 5.41. The first-order chi connectivity index (χ1) is 8.30. The number of nitrogens with one attached hydrogen (secondary N) is 1. The normalized spacial score (nSPS) is 12.9. The monoisotopic (exact) mass is 353 g/mol. The van der Waals surface area contributed by atoms with Crippen molar-refractivity contribution < 1.29 is 8.42 Å². The third-order valence-corrected chi connectivity index (χ3v) is 6.90. The van der Waals surface area contributed by atoms with Gasteiger partial charge < -0.3 is 0 Å². The quantitative estimate of drug-likeness (QED) is 0.837. The van der Waals surface area contributed by atoms with Gasteiger partial charge >= 0.3 is 0 Å². The molecular weight excluding hydrogens is 334 g/mol. The molecule has 0 amide bonds. The van der Waals surface area contributed by atoms with Crippen LogP contribution in [-0.4, -0.2) is 14.0 Å². The van der Waals surface area contributed by atoms with E-state index in [0.29, 0.717) is 4.90 Å². The lowest BCUT2D eigenvalue weighted by Crippen LogP contribution is -2.46. The molecule has 0 aliphatic rings. The molecular formula is C12H20BrNO2S2. The van der Waals surface area contributed by atoms with Gasteiger partial charge in [0.15, 0.2) is 0 Å². The molecule has 0 radical (unpaired) electrons. The molecule has 0 fully saturated rings. The van der Waals surface area contributed by atoms with Crippen LogP contribution >= 0.6 is 27.3 Å². The van der Waals surface area contributed by atoms with Crippen LogP contribution in [0.4, 0.5) is 0 Å². The molecule has 0 bridgehead atoms. The summed E-state index contributed by atoms with van der Waals surface area (Å²) in [5.74, 6) is 0. The fourth-order valence-corrected chi connectivity index (χ4v) is 6.03. The third-order valence-electron chi connectivity index (χ3n) is 3.51. The van der Waals surface area contributed by atoms with E-state index < -0.39 is 10.0 Å². The Hall–Kier alpha value is 0.0900. The van der Waals surface area contributed by atoms with Crippen LogP contribution in [-0.2, 0) is 10.0 Å². The maximum Gasteiger partial charge on any atom is 0.242 e. The van der Waals surface area contributed by atoms with E-state index in [1.807, 2.05) is 27.7 Å². The Labute approximate surface area is 122 Å². The first kappa shape index (κ1) is 16.1. The van der Waals surface area contributed by atoms with Crippen molar-refractivity contribution in [2.45, 2.75) is 57.4 Å². The largest absolute Gasteiger partial charge is 0.242 e. The highest BCUT2D eigenvalue weighted by Gasteiger charge is 2.31. The van der Waals surface area contributed by atoms with E-state index in [1.54, 1.807) is 6.07 Å². The summed E-state index contributed by atoms with van der Waals surface area (Å²) in [5, 5.41) is 0. The summed E-state index contributed by atoms with van der Waals surface area (Å²) in [6.07, 6.45) is 2.39. The van der Waals surface area contributed by atoms with Crippen LogP contribution in [0.25, 0.3) is 0 Å². The van der Waals surface area contributed by atoms with Gasteiger partial charge in [-0.2, -0.15) is 0 Å². The molecule has 0 saturated heterocycles. The molecule has 0 saturated carbocycles. The molecule has 3 nitrogen and oxygen atoms in total. The summed E-state index contributed by atoms with van der Waals surface area (Å²) in [6, 6.07) is 1.67. The number of hydrogen-bond acceptors (Lipinski definition) is 3. The van der Waals surface area contributed by atoms with E-state index in [9.17, 15) is 8.42 Å². The second-order valence-electron chi connectivity index (χ2n) is 4.42. The van der Waals surface area contributed by atoms with Crippen molar-refractivity contribution in [2.24, 2.45) is 0 Å². The van der Waals surface area contributed by atoms with Crippen LogP contribution in [0.1, 0.15) is 44.9 Å². The van der Waals surface area contributed by atoms with Crippen LogP contribution in [0.15, 0.2) is 14.7 Å². The van der Waals surface area contributed by atoms with Gasteiger partial charge in [-0.15, -0.1) is 11.3 Å². The molecule has 0 aliphatic heterocycles. The highest BCUT2D eigenvalue weighted by atomic mass is 79.9. The van der Waals surface area contributed by atoms with E-state index in [2.05, 4.69) is 20.7 Å². The number of hydrogen-bond donors (Lipinski definition) is 1. The number of rotatable bonds is 6. The van der Waals surface area contributed by atoms with Gasteiger partial charge in [0.25, 0.3) is 0 Å². The Balaban J connectivity index is 3.12. The molecule has 0 aliphatic carbocycles. The van der Waals surface area contributed by atoms with Crippen LogP contribution in [0.2, 0.25) is 0 Å². The van der Waals surface area contributed by atoms with Crippen molar-refractivity contribution >= 4 is 37.3 Å². The summed E-state index contributed by atoms with van der Waals surface area (Å²) in [6.45, 7) is 7.89. The molecule has 6 heteroatoms. The first-order valence-electron chi connectivity index (χ1n) is 6.10. The number of halogens is 1. The van der Waals surface area contributed by atoms with Gasteiger partial charge in [-0.3, -0.25) is 0 Å². The average Bonchev–Trinajstić information content (AvgIpc) is 2.66. The zero-order chi connectivity index (χ0) is 14.0. The Morgan fingerprint density at radius 2 is 1.78 bits per heavy atom. The van der Waals surface area contributed by atoms with E-state index in [0.717, 1.165) is 27.9 Å². The third kappa shape index (κ3) is 3.35. The molecule has 1 heterocycles. The van der Waals surface area contributed by atoms with E-state index in [1.165, 1.54) is 11.3 Å². The molecule has 0 spiro atoms. The van der Waals surface area contributed by atoms with Crippen molar-refractivity contribution in [1.82, 2.24) is 4.72 Å². The summed E-state index contributed by atoms with van der Waals surface area (Å²) < 4.78 is 28.6. The topological polar surface area (TPSA) is 46.2 Å². The highest BCUT2D eigenvalue weighted by Crippen LogP contribution is 2.31. The van der Waals surface area contributed by atoms with Gasteiger partial charge in [-0.1, -0.05) is 20.8 Å². The molecule has 1 aromatic heterocycles. The number of thiophene rings is 1. The molecule has 1 aromatic rings. The number of sulfonamides is 1. The molecule has 18 heavy (non-hydrogen) atoms. The van der Waals surface area contributed by atoms with E-state index in [-0.39, 0.29) is 5.54 Å². The minimum Gasteiger partial charge on any atom is -0.207 e. The molecule has 104 valence electrons. The second kappa shape index (κ2) is 6.03. The van der Waals surface area contributed by atoms with Crippen molar-refractivity contribution in [3.05, 3.63) is 14.7 Å². The van der Waals surface area contributed by atoms with Crippen LogP contribution < -0.4 is 4.72 Å². The number of aryl methyl sites for hydroxylation is 1. The second-order valence-corrected chi connectivity index (χ2v) is 8.70. The van der Waals surface area contributed by atoms with Crippen molar-refractivity contribution in [1.29, 1.82) is 0 Å². The van der Waals surface area contributed by atoms with E-state index >= 15 is 0 Å². The minimum atomic E-state index is -3.43. The maximum atomic E-state index is 12.4. The summed E-state index contributed by atoms with van der Waals surface area (Å²) >= 11 is 4.77. The lowest BCUT2D eigenvalue weighted by atomic mass is 9.91. The average molecular weight is 354 g/mol. The minimum absolute atomic E-state index is 0.334.